The van der Waals surface area contributed by atoms with Gasteiger partial charge in [-0.1, -0.05) is 105 Å². The van der Waals surface area contributed by atoms with Gasteiger partial charge in [-0.3, -0.25) is 13.9 Å². The second-order valence-electron chi connectivity index (χ2n) is 12.0. The first kappa shape index (κ1) is 33.9. The average Bonchev–Trinajstić information content (AvgIpc) is 3.10. The minimum absolute atomic E-state index is 0.00341. The summed E-state index contributed by atoms with van der Waals surface area (Å²) < 4.78 is 43.6. The van der Waals surface area contributed by atoms with Gasteiger partial charge in [-0.25, -0.2) is 12.8 Å². The number of hydrogen-bond donors (Lipinski definition) is 1. The fourth-order valence-electron chi connectivity index (χ4n) is 6.17. The summed E-state index contributed by atoms with van der Waals surface area (Å²) in [5, 5.41) is 3.20. The minimum Gasteiger partial charge on any atom is -0.352 e. The van der Waals surface area contributed by atoms with E-state index in [0.717, 1.165) is 47.5 Å². The maximum atomic E-state index is 14.7. The summed E-state index contributed by atoms with van der Waals surface area (Å²) >= 11 is 0. The van der Waals surface area contributed by atoms with Gasteiger partial charge in [0.05, 0.1) is 10.6 Å². The van der Waals surface area contributed by atoms with Crippen LogP contribution in [0, 0.1) is 5.82 Å². The lowest BCUT2D eigenvalue weighted by Gasteiger charge is -2.35. The molecule has 4 aromatic rings. The molecule has 7 nitrogen and oxygen atoms in total. The Labute approximate surface area is 277 Å². The van der Waals surface area contributed by atoms with E-state index in [-0.39, 0.29) is 29.8 Å². The number of hydrogen-bond acceptors (Lipinski definition) is 4. The molecule has 0 radical (unpaired) electrons. The Morgan fingerprint density at radius 2 is 1.43 bits per heavy atom. The van der Waals surface area contributed by atoms with Crippen LogP contribution in [0.25, 0.3) is 0 Å². The lowest BCUT2D eigenvalue weighted by molar-refractivity contribution is -0.140. The second kappa shape index (κ2) is 15.9. The van der Waals surface area contributed by atoms with E-state index in [1.165, 1.54) is 29.2 Å². The SMILES string of the molecule is CCc1ccccc1N(CC(=O)N(Cc1ccc(F)cc1)[C@H](Cc1ccccc1)C(=O)NC1CCCCC1)S(=O)(=O)c1ccccc1. The van der Waals surface area contributed by atoms with Crippen molar-refractivity contribution in [2.24, 2.45) is 0 Å². The first-order valence-electron chi connectivity index (χ1n) is 16.3. The number of rotatable bonds is 13. The van der Waals surface area contributed by atoms with Crippen LogP contribution in [0.2, 0.25) is 0 Å². The van der Waals surface area contributed by atoms with E-state index in [1.54, 1.807) is 42.5 Å². The smallest absolute Gasteiger partial charge is 0.264 e. The zero-order valence-corrected chi connectivity index (χ0v) is 27.5. The number of nitrogens with zero attached hydrogens (tertiary/aromatic N) is 2. The Morgan fingerprint density at radius 3 is 2.09 bits per heavy atom. The average molecular weight is 656 g/mol. The van der Waals surface area contributed by atoms with Crippen molar-refractivity contribution < 1.29 is 22.4 Å². The molecule has 0 aromatic heterocycles. The highest BCUT2D eigenvalue weighted by Gasteiger charge is 2.36. The molecule has 1 aliphatic carbocycles. The Bertz CT molecular complexity index is 1730. The topological polar surface area (TPSA) is 86.8 Å². The van der Waals surface area contributed by atoms with Crippen LogP contribution in [-0.2, 0) is 39.0 Å². The summed E-state index contributed by atoms with van der Waals surface area (Å²) in [6.45, 7) is 1.39. The van der Waals surface area contributed by atoms with Crippen molar-refractivity contribution in [3.63, 3.8) is 0 Å². The van der Waals surface area contributed by atoms with Crippen LogP contribution < -0.4 is 9.62 Å². The van der Waals surface area contributed by atoms with E-state index in [4.69, 9.17) is 0 Å². The molecule has 0 heterocycles. The Balaban J connectivity index is 1.57. The standard InChI is InChI=1S/C38H42FN3O4S/c1-2-31-16-12-13-21-35(31)42(47(45,46)34-19-10-5-11-20-34)28-37(43)41(27-30-22-24-32(39)25-23-30)36(26-29-14-6-3-7-15-29)38(44)40-33-17-8-4-9-18-33/h3,5-7,10-16,19-25,33,36H,2,4,8-9,17-18,26-28H2,1H3,(H,40,44)/t36-/m1/s1. The maximum absolute atomic E-state index is 14.7. The summed E-state index contributed by atoms with van der Waals surface area (Å²) in [6.07, 6.45) is 5.68. The van der Waals surface area contributed by atoms with Gasteiger partial charge in [0, 0.05) is 19.0 Å². The lowest BCUT2D eigenvalue weighted by Crippen LogP contribution is -2.55. The molecule has 0 unspecified atom stereocenters. The third-order valence-electron chi connectivity index (χ3n) is 8.74. The molecule has 246 valence electrons. The third-order valence-corrected chi connectivity index (χ3v) is 10.5. The molecule has 0 bridgehead atoms. The van der Waals surface area contributed by atoms with Crippen molar-refractivity contribution in [1.29, 1.82) is 0 Å². The van der Waals surface area contributed by atoms with E-state index in [9.17, 15) is 22.4 Å². The molecule has 1 saturated carbocycles. The lowest BCUT2D eigenvalue weighted by atomic mass is 9.94. The van der Waals surface area contributed by atoms with Gasteiger partial charge in [-0.05, 0) is 66.3 Å². The fraction of sp³-hybridized carbons (Fsp3) is 0.316. The van der Waals surface area contributed by atoms with Crippen LogP contribution in [-0.4, -0.2) is 43.8 Å². The molecule has 1 atom stereocenters. The van der Waals surface area contributed by atoms with Gasteiger partial charge < -0.3 is 10.2 Å². The second-order valence-corrected chi connectivity index (χ2v) is 13.9. The van der Waals surface area contributed by atoms with Gasteiger partial charge in [-0.15, -0.1) is 0 Å². The molecular formula is C38H42FN3O4S. The molecule has 47 heavy (non-hydrogen) atoms. The molecule has 2 amide bonds. The van der Waals surface area contributed by atoms with E-state index >= 15 is 0 Å². The summed E-state index contributed by atoms with van der Waals surface area (Å²) in [6, 6.07) is 29.5. The zero-order valence-electron chi connectivity index (χ0n) is 26.7. The fourth-order valence-corrected chi connectivity index (χ4v) is 7.64. The first-order chi connectivity index (χ1) is 22.8. The van der Waals surface area contributed by atoms with Gasteiger partial charge in [0.2, 0.25) is 11.8 Å². The number of sulfonamides is 1. The maximum Gasteiger partial charge on any atom is 0.264 e. The number of anilines is 1. The number of nitrogens with one attached hydrogen (secondary N) is 1. The molecule has 0 spiro atoms. The number of carbonyl (C=O) groups excluding carboxylic acids is 2. The number of aryl methyl sites for hydroxylation is 1. The molecule has 0 saturated heterocycles. The molecule has 0 aliphatic heterocycles. The summed E-state index contributed by atoms with van der Waals surface area (Å²) in [7, 11) is -4.19. The van der Waals surface area contributed by atoms with E-state index in [2.05, 4.69) is 5.32 Å². The highest BCUT2D eigenvalue weighted by Crippen LogP contribution is 2.29. The molecule has 1 aliphatic rings. The third kappa shape index (κ3) is 8.65. The molecule has 1 fully saturated rings. The van der Waals surface area contributed by atoms with Gasteiger partial charge in [0.15, 0.2) is 0 Å². The van der Waals surface area contributed by atoms with E-state index in [1.807, 2.05) is 49.4 Å². The molecule has 9 heteroatoms. The summed E-state index contributed by atoms with van der Waals surface area (Å²) in [5.74, 6) is -1.25. The van der Waals surface area contributed by atoms with Crippen LogP contribution >= 0.6 is 0 Å². The number of benzene rings is 4. The van der Waals surface area contributed by atoms with Crippen LogP contribution in [0.3, 0.4) is 0 Å². The van der Waals surface area contributed by atoms with Crippen molar-refractivity contribution in [3.05, 3.63) is 132 Å². The highest BCUT2D eigenvalue weighted by atomic mass is 32.2. The molecule has 5 rings (SSSR count). The van der Waals surface area contributed by atoms with Crippen molar-refractivity contribution >= 4 is 27.5 Å². The first-order valence-corrected chi connectivity index (χ1v) is 17.7. The van der Waals surface area contributed by atoms with Crippen LogP contribution in [0.15, 0.2) is 114 Å². The summed E-state index contributed by atoms with van der Waals surface area (Å²) in [4.78, 5) is 30.4. The number of amides is 2. The molecular weight excluding hydrogens is 614 g/mol. The number of halogens is 1. The Morgan fingerprint density at radius 1 is 0.809 bits per heavy atom. The van der Waals surface area contributed by atoms with Crippen LogP contribution in [0.5, 0.6) is 0 Å². The molecule has 4 aromatic carbocycles. The van der Waals surface area contributed by atoms with Gasteiger partial charge >= 0.3 is 0 Å². The van der Waals surface area contributed by atoms with Gasteiger partial charge in [0.25, 0.3) is 10.0 Å². The van der Waals surface area contributed by atoms with Crippen LogP contribution in [0.1, 0.15) is 55.7 Å². The highest BCUT2D eigenvalue weighted by molar-refractivity contribution is 7.92. The largest absolute Gasteiger partial charge is 0.352 e. The monoisotopic (exact) mass is 655 g/mol. The zero-order chi connectivity index (χ0) is 33.2. The predicted molar refractivity (Wildman–Crippen MR) is 183 cm³/mol. The van der Waals surface area contributed by atoms with Crippen molar-refractivity contribution in [3.8, 4) is 0 Å². The van der Waals surface area contributed by atoms with Crippen molar-refractivity contribution in [1.82, 2.24) is 10.2 Å². The Kier molecular flexibility index (Phi) is 11.4. The van der Waals surface area contributed by atoms with Crippen LogP contribution in [0.4, 0.5) is 10.1 Å². The van der Waals surface area contributed by atoms with Crippen molar-refractivity contribution in [2.45, 2.75) is 75.4 Å². The predicted octanol–water partition coefficient (Wildman–Crippen LogP) is 6.67. The van der Waals surface area contributed by atoms with E-state index < -0.39 is 34.3 Å². The van der Waals surface area contributed by atoms with Crippen molar-refractivity contribution in [2.75, 3.05) is 10.8 Å². The van der Waals surface area contributed by atoms with E-state index in [0.29, 0.717) is 17.7 Å². The quantitative estimate of drug-likeness (QED) is 0.174. The van der Waals surface area contributed by atoms with Gasteiger partial charge in [-0.2, -0.15) is 0 Å². The summed E-state index contributed by atoms with van der Waals surface area (Å²) in [5.41, 5.74) is 2.65. The number of para-hydroxylation sites is 1. The normalized spacial score (nSPS) is 14.3. The van der Waals surface area contributed by atoms with Gasteiger partial charge in [0.1, 0.15) is 18.4 Å². The molecule has 1 N–H and O–H groups in total. The number of carbonyl (C=O) groups is 2. The minimum atomic E-state index is -4.19. The Hall–Kier alpha value is -4.50.